The number of phenolic OH excluding ortho intramolecular Hbond substituents is 3. The van der Waals surface area contributed by atoms with Crippen LogP contribution in [0.25, 0.3) is 0 Å². The van der Waals surface area contributed by atoms with Gasteiger partial charge < -0.3 is 69.3 Å². The average Bonchev–Trinajstić information content (AvgIpc) is 3.47. The second kappa shape index (κ2) is 14.7. The van der Waals surface area contributed by atoms with Crippen LogP contribution in [0.3, 0.4) is 0 Å². The van der Waals surface area contributed by atoms with Gasteiger partial charge in [0.25, 0.3) is 0 Å². The van der Waals surface area contributed by atoms with Crippen LogP contribution in [0.4, 0.5) is 0 Å². The van der Waals surface area contributed by atoms with Crippen molar-refractivity contribution in [3.05, 3.63) is 64.7 Å². The molecular weight excluding hydrogens is 636 g/mol. The lowest BCUT2D eigenvalue weighted by Gasteiger charge is -2.40. The van der Waals surface area contributed by atoms with Gasteiger partial charge >= 0.3 is 5.97 Å². The van der Waals surface area contributed by atoms with Gasteiger partial charge in [-0.15, -0.1) is 0 Å². The molecule has 0 aromatic heterocycles. The van der Waals surface area contributed by atoms with Gasteiger partial charge in [0.1, 0.15) is 37.1 Å². The molecule has 8 N–H and O–H groups in total. The van der Waals surface area contributed by atoms with Crippen LogP contribution in [0, 0.1) is 0 Å². The van der Waals surface area contributed by atoms with Crippen molar-refractivity contribution in [1.29, 1.82) is 0 Å². The third-order valence-electron chi connectivity index (χ3n) is 8.31. The molecule has 0 spiro atoms. The summed E-state index contributed by atoms with van der Waals surface area (Å²) in [5.74, 6) is -2.60. The Morgan fingerprint density at radius 2 is 1.56 bits per heavy atom. The van der Waals surface area contributed by atoms with Crippen molar-refractivity contribution in [1.82, 2.24) is 0 Å². The number of ether oxygens (including phenoxy) is 6. The largest absolute Gasteiger partial charge is 0.504 e. The quantitative estimate of drug-likeness (QED) is 0.0989. The minimum absolute atomic E-state index is 0.0337. The number of aromatic hydroxyl groups is 3. The number of esters is 1. The highest BCUT2D eigenvalue weighted by molar-refractivity contribution is 5.91. The molecule has 2 aliphatic rings. The number of hydrogen-bond donors (Lipinski definition) is 8. The summed E-state index contributed by atoms with van der Waals surface area (Å²) in [4.78, 5) is 12.5. The smallest absolute Gasteiger partial charge is 0.338 e. The van der Waals surface area contributed by atoms with Crippen molar-refractivity contribution in [2.24, 2.45) is 0 Å². The van der Waals surface area contributed by atoms with E-state index in [4.69, 9.17) is 28.4 Å². The van der Waals surface area contributed by atoms with Crippen LogP contribution >= 0.6 is 0 Å². The van der Waals surface area contributed by atoms with Gasteiger partial charge in [0.05, 0.1) is 32.3 Å². The first-order chi connectivity index (χ1) is 23.0. The number of rotatable bonds is 12. The van der Waals surface area contributed by atoms with Gasteiger partial charge in [-0.2, -0.15) is 0 Å². The van der Waals surface area contributed by atoms with E-state index in [9.17, 15) is 45.6 Å². The van der Waals surface area contributed by atoms with E-state index in [1.165, 1.54) is 20.3 Å². The zero-order valence-corrected chi connectivity index (χ0v) is 26.1. The van der Waals surface area contributed by atoms with Crippen molar-refractivity contribution in [3.8, 4) is 40.2 Å². The molecule has 5 rings (SSSR count). The second-order valence-corrected chi connectivity index (χ2v) is 11.4. The lowest BCUT2D eigenvalue weighted by molar-refractivity contribution is -0.277. The minimum atomic E-state index is -1.77. The number of carbonyl (C=O) groups is 1. The number of aliphatic hydroxyl groups excluding tert-OH is 5. The SMILES string of the molecule is COc1cc([C@H]2Oc3c(OC)cc(CCCO)cc3[C@@H]2CO)ccc1O[C@@H]1O[C@H](COC(=O)c2cc(O)c(O)c(O)c2)[C@@H](O)[C@H](O)[C@H]1O. The Morgan fingerprint density at radius 1 is 0.854 bits per heavy atom. The lowest BCUT2D eigenvalue weighted by atomic mass is 9.90. The van der Waals surface area contributed by atoms with Gasteiger partial charge in [0.15, 0.2) is 40.2 Å². The Morgan fingerprint density at radius 3 is 2.21 bits per heavy atom. The molecule has 1 saturated heterocycles. The summed E-state index contributed by atoms with van der Waals surface area (Å²) in [6.07, 6.45) is -7.61. The summed E-state index contributed by atoms with van der Waals surface area (Å²) in [6, 6.07) is 10.3. The van der Waals surface area contributed by atoms with Gasteiger partial charge in [-0.1, -0.05) is 12.1 Å². The van der Waals surface area contributed by atoms with E-state index in [0.717, 1.165) is 23.3 Å². The van der Waals surface area contributed by atoms with Gasteiger partial charge in [0, 0.05) is 12.2 Å². The maximum atomic E-state index is 12.5. The zero-order chi connectivity index (χ0) is 34.7. The highest BCUT2D eigenvalue weighted by Crippen LogP contribution is 2.51. The van der Waals surface area contributed by atoms with E-state index in [1.54, 1.807) is 12.1 Å². The monoisotopic (exact) mass is 674 g/mol. The summed E-state index contributed by atoms with van der Waals surface area (Å²) in [7, 11) is 2.90. The first-order valence-electron chi connectivity index (χ1n) is 15.1. The molecule has 15 heteroatoms. The van der Waals surface area contributed by atoms with Gasteiger partial charge in [-0.3, -0.25) is 0 Å². The van der Waals surface area contributed by atoms with Crippen molar-refractivity contribution in [2.45, 2.75) is 55.6 Å². The minimum Gasteiger partial charge on any atom is -0.504 e. The number of carbonyl (C=O) groups excluding carboxylic acids is 1. The molecule has 0 aliphatic carbocycles. The molecule has 7 atom stereocenters. The molecular formula is C33H38O15. The molecule has 0 unspecified atom stereocenters. The standard InChI is InChI=1S/C33H38O15/c1-43-23-12-16(30-19(13-35)18-8-15(4-3-7-34)9-24(44-2)31(18)48-30)5-6-22(23)46-33-29(41)28(40)27(39)25(47-33)14-45-32(42)17-10-20(36)26(38)21(37)11-17/h5-6,8-12,19,25,27-30,33-41H,3-4,7,13-14H2,1-2H3/t19-,25+,27+,28-,29+,30+,33+/m0/s1. The van der Waals surface area contributed by atoms with Crippen molar-refractivity contribution < 1.29 is 74.1 Å². The molecule has 0 amide bonds. The number of phenols is 3. The van der Waals surface area contributed by atoms with E-state index >= 15 is 0 Å². The van der Waals surface area contributed by atoms with Crippen molar-refractivity contribution in [2.75, 3.05) is 34.0 Å². The Bertz CT molecular complexity index is 1590. The fourth-order valence-electron chi connectivity index (χ4n) is 5.73. The zero-order valence-electron chi connectivity index (χ0n) is 26.1. The summed E-state index contributed by atoms with van der Waals surface area (Å²) < 4.78 is 34.0. The van der Waals surface area contributed by atoms with E-state index in [-0.39, 0.29) is 30.3 Å². The summed E-state index contributed by atoms with van der Waals surface area (Å²) in [5.41, 5.74) is 1.98. The summed E-state index contributed by atoms with van der Waals surface area (Å²) in [6.45, 7) is -0.838. The molecule has 3 aromatic carbocycles. The number of aliphatic hydroxyl groups is 5. The van der Waals surface area contributed by atoms with Crippen molar-refractivity contribution in [3.63, 3.8) is 0 Å². The molecule has 48 heavy (non-hydrogen) atoms. The Balaban J connectivity index is 1.32. The normalized spacial score (nSPS) is 24.8. The number of benzene rings is 3. The number of fused-ring (bicyclic) bond motifs is 1. The van der Waals surface area contributed by atoms with E-state index in [1.807, 2.05) is 12.1 Å². The molecule has 1 fully saturated rings. The Hall–Kier alpha value is -4.51. The molecule has 260 valence electrons. The number of aryl methyl sites for hydroxylation is 1. The molecule has 0 radical (unpaired) electrons. The van der Waals surface area contributed by atoms with Gasteiger partial charge in [-0.25, -0.2) is 4.79 Å². The lowest BCUT2D eigenvalue weighted by Crippen LogP contribution is -2.60. The number of hydrogen-bond acceptors (Lipinski definition) is 15. The van der Waals surface area contributed by atoms with Crippen LogP contribution in [0.1, 0.15) is 45.5 Å². The highest BCUT2D eigenvalue weighted by atomic mass is 16.7. The predicted molar refractivity (Wildman–Crippen MR) is 164 cm³/mol. The van der Waals surface area contributed by atoms with Crippen LogP contribution in [0.2, 0.25) is 0 Å². The fourth-order valence-corrected chi connectivity index (χ4v) is 5.73. The van der Waals surface area contributed by atoms with Gasteiger partial charge in [0.2, 0.25) is 6.29 Å². The van der Waals surface area contributed by atoms with Crippen LogP contribution in [-0.4, -0.2) is 112 Å². The molecule has 3 aromatic rings. The molecule has 2 aliphatic heterocycles. The second-order valence-electron chi connectivity index (χ2n) is 11.4. The summed E-state index contributed by atoms with van der Waals surface area (Å²) in [5, 5.41) is 80.2. The van der Waals surface area contributed by atoms with Crippen LogP contribution in [-0.2, 0) is 15.9 Å². The van der Waals surface area contributed by atoms with E-state index in [2.05, 4.69) is 0 Å². The Labute approximate surface area is 274 Å². The topological polar surface area (TPSA) is 234 Å². The number of methoxy groups -OCH3 is 2. The van der Waals surface area contributed by atoms with Gasteiger partial charge in [-0.05, 0) is 54.3 Å². The maximum absolute atomic E-state index is 12.5. The molecule has 0 bridgehead atoms. The first-order valence-corrected chi connectivity index (χ1v) is 15.1. The average molecular weight is 675 g/mol. The Kier molecular flexibility index (Phi) is 10.7. The first kappa shape index (κ1) is 34.8. The third kappa shape index (κ3) is 6.87. The molecule has 0 saturated carbocycles. The van der Waals surface area contributed by atoms with Crippen LogP contribution in [0.15, 0.2) is 42.5 Å². The molecule has 15 nitrogen and oxygen atoms in total. The van der Waals surface area contributed by atoms with Crippen molar-refractivity contribution >= 4 is 5.97 Å². The third-order valence-corrected chi connectivity index (χ3v) is 8.31. The maximum Gasteiger partial charge on any atom is 0.338 e. The predicted octanol–water partition coefficient (Wildman–Crippen LogP) is 0.998. The highest BCUT2D eigenvalue weighted by Gasteiger charge is 2.46. The van der Waals surface area contributed by atoms with E-state index < -0.39 is 72.6 Å². The van der Waals surface area contributed by atoms with Crippen LogP contribution < -0.4 is 18.9 Å². The summed E-state index contributed by atoms with van der Waals surface area (Å²) >= 11 is 0. The van der Waals surface area contributed by atoms with Crippen LogP contribution in [0.5, 0.6) is 40.2 Å². The fraction of sp³-hybridized carbons (Fsp3) is 0.424. The van der Waals surface area contributed by atoms with E-state index in [0.29, 0.717) is 29.9 Å². The molecule has 2 heterocycles.